The Labute approximate surface area is 196 Å². The van der Waals surface area contributed by atoms with E-state index in [-0.39, 0.29) is 30.1 Å². The topological polar surface area (TPSA) is 64.1 Å². The van der Waals surface area contributed by atoms with Crippen LogP contribution in [0.1, 0.15) is 28.7 Å². The average molecular weight is 525 g/mol. The molecule has 30 heavy (non-hydrogen) atoms. The summed E-state index contributed by atoms with van der Waals surface area (Å²) in [6, 6.07) is 12.5. The highest BCUT2D eigenvalue weighted by atomic mass is 127. The van der Waals surface area contributed by atoms with Gasteiger partial charge in [-0.15, -0.1) is 24.0 Å². The van der Waals surface area contributed by atoms with Gasteiger partial charge in [-0.25, -0.2) is 0 Å². The summed E-state index contributed by atoms with van der Waals surface area (Å²) in [6.45, 7) is 6.85. The summed E-state index contributed by atoms with van der Waals surface area (Å²) >= 11 is 0. The van der Waals surface area contributed by atoms with E-state index in [0.717, 1.165) is 41.6 Å². The zero-order valence-electron chi connectivity index (χ0n) is 18.2. The predicted molar refractivity (Wildman–Crippen MR) is 131 cm³/mol. The number of benzene rings is 2. The number of hydrogen-bond acceptors (Lipinski definition) is 4. The first kappa shape index (κ1) is 24.3. The van der Waals surface area contributed by atoms with Gasteiger partial charge in [0.1, 0.15) is 17.6 Å². The predicted octanol–water partition coefficient (Wildman–Crippen LogP) is 3.96. The van der Waals surface area contributed by atoms with Gasteiger partial charge in [0.25, 0.3) is 0 Å². The van der Waals surface area contributed by atoms with Crippen LogP contribution >= 0.6 is 24.0 Å². The van der Waals surface area contributed by atoms with Crippen molar-refractivity contribution in [2.24, 2.45) is 4.99 Å². The molecule has 1 heterocycles. The van der Waals surface area contributed by atoms with Crippen molar-refractivity contribution in [3.8, 4) is 11.5 Å². The molecule has 3 rings (SSSR count). The van der Waals surface area contributed by atoms with Crippen molar-refractivity contribution in [2.45, 2.75) is 39.5 Å². The van der Waals surface area contributed by atoms with E-state index in [1.165, 1.54) is 11.1 Å². The minimum Gasteiger partial charge on any atom is -0.497 e. The first-order valence-corrected chi connectivity index (χ1v) is 10.0. The summed E-state index contributed by atoms with van der Waals surface area (Å²) in [5, 5.41) is 6.74. The second-order valence-electron chi connectivity index (χ2n) is 7.35. The molecule has 0 radical (unpaired) electrons. The Morgan fingerprint density at radius 3 is 2.60 bits per heavy atom. The number of guanidine groups is 1. The molecule has 1 aliphatic heterocycles. The number of methoxy groups -OCH3 is 1. The standard InChI is InChI=1S/C23H31N3O3.HI/c1-16-5-6-19(22(11-16)29-20-7-8-28-15-20)14-26-23(24-3)25-13-18-9-17(2)10-21(12-18)27-4;/h5-6,9-12,20H,7-8,13-15H2,1-4H3,(H2,24,25,26);1H. The second kappa shape index (κ2) is 12.0. The maximum atomic E-state index is 6.18. The molecule has 0 bridgehead atoms. The lowest BCUT2D eigenvalue weighted by atomic mass is 10.1. The summed E-state index contributed by atoms with van der Waals surface area (Å²) < 4.78 is 17.0. The third-order valence-corrected chi connectivity index (χ3v) is 4.88. The van der Waals surface area contributed by atoms with E-state index in [0.29, 0.717) is 19.7 Å². The Balaban J connectivity index is 0.00000320. The molecule has 1 aliphatic rings. The van der Waals surface area contributed by atoms with E-state index >= 15 is 0 Å². The van der Waals surface area contributed by atoms with Gasteiger partial charge in [-0.3, -0.25) is 4.99 Å². The molecule has 1 atom stereocenters. The molecule has 1 unspecified atom stereocenters. The van der Waals surface area contributed by atoms with E-state index < -0.39 is 0 Å². The van der Waals surface area contributed by atoms with Gasteiger partial charge in [-0.1, -0.05) is 18.2 Å². The van der Waals surface area contributed by atoms with E-state index in [1.807, 2.05) is 12.1 Å². The summed E-state index contributed by atoms with van der Waals surface area (Å²) in [5.41, 5.74) is 4.59. The lowest BCUT2D eigenvalue weighted by Crippen LogP contribution is -2.36. The van der Waals surface area contributed by atoms with Crippen molar-refractivity contribution in [1.82, 2.24) is 10.6 Å². The Morgan fingerprint density at radius 2 is 1.90 bits per heavy atom. The van der Waals surface area contributed by atoms with E-state index in [1.54, 1.807) is 14.2 Å². The molecule has 0 spiro atoms. The van der Waals surface area contributed by atoms with Gasteiger partial charge < -0.3 is 24.8 Å². The summed E-state index contributed by atoms with van der Waals surface area (Å²) in [7, 11) is 3.46. The first-order chi connectivity index (χ1) is 14.1. The van der Waals surface area contributed by atoms with Crippen LogP contribution in [0, 0.1) is 13.8 Å². The zero-order chi connectivity index (χ0) is 20.6. The van der Waals surface area contributed by atoms with Crippen LogP contribution in [0.3, 0.4) is 0 Å². The van der Waals surface area contributed by atoms with Crippen LogP contribution in [0.2, 0.25) is 0 Å². The minimum atomic E-state index is 0. The fourth-order valence-electron chi connectivity index (χ4n) is 3.33. The van der Waals surface area contributed by atoms with Crippen LogP contribution in [0.5, 0.6) is 11.5 Å². The Kier molecular flexibility index (Phi) is 9.71. The largest absolute Gasteiger partial charge is 0.497 e. The van der Waals surface area contributed by atoms with Gasteiger partial charge in [-0.05, 0) is 48.7 Å². The number of halogens is 1. The Hall–Kier alpha value is -2.00. The number of nitrogens with one attached hydrogen (secondary N) is 2. The van der Waals surface area contributed by atoms with E-state index in [9.17, 15) is 0 Å². The molecule has 0 amide bonds. The molecule has 6 nitrogen and oxygen atoms in total. The van der Waals surface area contributed by atoms with Gasteiger partial charge in [-0.2, -0.15) is 0 Å². The molecule has 2 N–H and O–H groups in total. The summed E-state index contributed by atoms with van der Waals surface area (Å²) in [5.74, 6) is 2.51. The number of nitrogens with zero attached hydrogens (tertiary/aromatic N) is 1. The molecule has 0 aliphatic carbocycles. The maximum absolute atomic E-state index is 6.18. The van der Waals surface area contributed by atoms with Crippen LogP contribution < -0.4 is 20.1 Å². The minimum absolute atomic E-state index is 0. The van der Waals surface area contributed by atoms with Gasteiger partial charge in [0.2, 0.25) is 0 Å². The van der Waals surface area contributed by atoms with Crippen molar-refractivity contribution < 1.29 is 14.2 Å². The fraction of sp³-hybridized carbons (Fsp3) is 0.435. The number of rotatable bonds is 7. The normalized spacial score (nSPS) is 16.0. The van der Waals surface area contributed by atoms with Crippen molar-refractivity contribution in [3.05, 3.63) is 58.7 Å². The molecule has 2 aromatic carbocycles. The highest BCUT2D eigenvalue weighted by Crippen LogP contribution is 2.24. The van der Waals surface area contributed by atoms with Crippen LogP contribution in [-0.4, -0.2) is 39.4 Å². The van der Waals surface area contributed by atoms with Gasteiger partial charge in [0.15, 0.2) is 5.96 Å². The number of aliphatic imine (C=N–C) groups is 1. The Bertz CT molecular complexity index is 852. The maximum Gasteiger partial charge on any atom is 0.191 e. The van der Waals surface area contributed by atoms with Crippen LogP contribution in [0.15, 0.2) is 41.4 Å². The van der Waals surface area contributed by atoms with Gasteiger partial charge in [0, 0.05) is 32.1 Å². The quantitative estimate of drug-likeness (QED) is 0.326. The molecule has 164 valence electrons. The highest BCUT2D eigenvalue weighted by molar-refractivity contribution is 14.0. The molecule has 0 aromatic heterocycles. The molecule has 0 saturated carbocycles. The van der Waals surface area contributed by atoms with Crippen molar-refractivity contribution in [3.63, 3.8) is 0 Å². The number of aryl methyl sites for hydroxylation is 2. The van der Waals surface area contributed by atoms with Gasteiger partial charge in [0.05, 0.1) is 20.3 Å². The molecule has 1 fully saturated rings. The third kappa shape index (κ3) is 7.05. The summed E-state index contributed by atoms with van der Waals surface area (Å²) in [6.07, 6.45) is 1.06. The smallest absolute Gasteiger partial charge is 0.191 e. The lowest BCUT2D eigenvalue weighted by Gasteiger charge is -2.18. The SMILES string of the molecule is CN=C(NCc1cc(C)cc(OC)c1)NCc1ccc(C)cc1OC1CCOC1.I. The van der Waals surface area contributed by atoms with Crippen molar-refractivity contribution >= 4 is 29.9 Å². The second-order valence-corrected chi connectivity index (χ2v) is 7.35. The molecule has 7 heteroatoms. The van der Waals surface area contributed by atoms with Crippen LogP contribution in [0.25, 0.3) is 0 Å². The van der Waals surface area contributed by atoms with E-state index in [4.69, 9.17) is 14.2 Å². The van der Waals surface area contributed by atoms with Crippen molar-refractivity contribution in [1.29, 1.82) is 0 Å². The van der Waals surface area contributed by atoms with Crippen LogP contribution in [-0.2, 0) is 17.8 Å². The number of hydrogen-bond donors (Lipinski definition) is 2. The Morgan fingerprint density at radius 1 is 1.10 bits per heavy atom. The highest BCUT2D eigenvalue weighted by Gasteiger charge is 2.18. The molecule has 2 aromatic rings. The first-order valence-electron chi connectivity index (χ1n) is 10.0. The molecule has 1 saturated heterocycles. The number of ether oxygens (including phenoxy) is 3. The van der Waals surface area contributed by atoms with Gasteiger partial charge >= 0.3 is 0 Å². The summed E-state index contributed by atoms with van der Waals surface area (Å²) in [4.78, 5) is 4.34. The average Bonchev–Trinajstić information content (AvgIpc) is 3.22. The lowest BCUT2D eigenvalue weighted by molar-refractivity contribution is 0.140. The zero-order valence-corrected chi connectivity index (χ0v) is 20.5. The van der Waals surface area contributed by atoms with Crippen molar-refractivity contribution in [2.75, 3.05) is 27.4 Å². The molecular formula is C23H32IN3O3. The monoisotopic (exact) mass is 525 g/mol. The molecular weight excluding hydrogens is 493 g/mol. The van der Waals surface area contributed by atoms with E-state index in [2.05, 4.69) is 53.7 Å². The van der Waals surface area contributed by atoms with Crippen LogP contribution in [0.4, 0.5) is 0 Å². The fourth-order valence-corrected chi connectivity index (χ4v) is 3.33. The third-order valence-electron chi connectivity index (χ3n) is 4.88.